The highest BCUT2D eigenvalue weighted by molar-refractivity contribution is 5.59. The summed E-state index contributed by atoms with van der Waals surface area (Å²) in [6.07, 6.45) is 7.01. The highest BCUT2D eigenvalue weighted by Gasteiger charge is 2.12. The van der Waals surface area contributed by atoms with Crippen molar-refractivity contribution in [2.45, 2.75) is 32.6 Å². The molecule has 1 N–H and O–H groups in total. The van der Waals surface area contributed by atoms with Gasteiger partial charge in [0.15, 0.2) is 0 Å². The number of benzene rings is 1. The summed E-state index contributed by atoms with van der Waals surface area (Å²) in [6, 6.07) is 10.2. The zero-order chi connectivity index (χ0) is 14.5. The Morgan fingerprint density at radius 3 is 2.52 bits per heavy atom. The first-order chi connectivity index (χ1) is 10.3. The molecule has 110 valence electrons. The Morgan fingerprint density at radius 1 is 1.00 bits per heavy atom. The fraction of sp³-hybridized carbons (Fsp3) is 0.412. The third-order valence-electron chi connectivity index (χ3n) is 3.96. The Morgan fingerprint density at radius 2 is 1.76 bits per heavy atom. The maximum absolute atomic E-state index is 4.68. The van der Waals surface area contributed by atoms with Gasteiger partial charge in [-0.25, -0.2) is 4.98 Å². The summed E-state index contributed by atoms with van der Waals surface area (Å²) < 4.78 is 0. The Hall–Kier alpha value is -2.10. The second-order valence-corrected chi connectivity index (χ2v) is 5.58. The zero-order valence-corrected chi connectivity index (χ0v) is 12.5. The molecule has 0 bridgehead atoms. The summed E-state index contributed by atoms with van der Waals surface area (Å²) in [5, 5.41) is 3.32. The number of aromatic nitrogens is 2. The van der Waals surface area contributed by atoms with Gasteiger partial charge < -0.3 is 10.2 Å². The average Bonchev–Trinajstić information content (AvgIpc) is 2.79. The van der Waals surface area contributed by atoms with Crippen molar-refractivity contribution in [2.75, 3.05) is 23.3 Å². The van der Waals surface area contributed by atoms with Gasteiger partial charge in [-0.2, -0.15) is 4.98 Å². The van der Waals surface area contributed by atoms with Crippen LogP contribution in [0, 0.1) is 6.92 Å². The van der Waals surface area contributed by atoms with Crippen LogP contribution < -0.4 is 10.2 Å². The lowest BCUT2D eigenvalue weighted by Crippen LogP contribution is -2.25. The van der Waals surface area contributed by atoms with Crippen LogP contribution in [0.3, 0.4) is 0 Å². The molecule has 0 amide bonds. The zero-order valence-electron chi connectivity index (χ0n) is 12.5. The molecule has 2 heterocycles. The number of hydrogen-bond donors (Lipinski definition) is 1. The molecule has 0 saturated carbocycles. The molecule has 1 aliphatic rings. The van der Waals surface area contributed by atoms with E-state index >= 15 is 0 Å². The third-order valence-corrected chi connectivity index (χ3v) is 3.96. The number of aryl methyl sites for hydroxylation is 1. The molecule has 1 saturated heterocycles. The van der Waals surface area contributed by atoms with Crippen LogP contribution in [0.5, 0.6) is 0 Å². The van der Waals surface area contributed by atoms with Crippen molar-refractivity contribution >= 4 is 17.5 Å². The Bertz CT molecular complexity index is 589. The molecular formula is C17H22N4. The fourth-order valence-electron chi connectivity index (χ4n) is 2.72. The first kappa shape index (κ1) is 13.9. The van der Waals surface area contributed by atoms with Crippen LogP contribution in [0.1, 0.15) is 31.2 Å². The Labute approximate surface area is 126 Å². The lowest BCUT2D eigenvalue weighted by atomic mass is 10.2. The van der Waals surface area contributed by atoms with E-state index in [0.29, 0.717) is 5.95 Å². The number of nitrogens with zero attached hydrogens (tertiary/aromatic N) is 3. The smallest absolute Gasteiger partial charge is 0.229 e. The largest absolute Gasteiger partial charge is 0.356 e. The van der Waals surface area contributed by atoms with E-state index in [4.69, 9.17) is 0 Å². The van der Waals surface area contributed by atoms with Crippen LogP contribution in [0.15, 0.2) is 36.5 Å². The van der Waals surface area contributed by atoms with Crippen molar-refractivity contribution in [2.24, 2.45) is 0 Å². The second kappa shape index (κ2) is 6.57. The fourth-order valence-corrected chi connectivity index (χ4v) is 2.72. The van der Waals surface area contributed by atoms with Gasteiger partial charge in [0, 0.05) is 25.0 Å². The average molecular weight is 282 g/mol. The topological polar surface area (TPSA) is 41.1 Å². The standard InChI is InChI=1S/C17H22N4/c1-14-8-4-5-9-15(14)19-17-18-11-10-16(20-17)21-12-6-2-3-7-13-21/h4-5,8-11H,2-3,6-7,12-13H2,1H3,(H,18,19,20). The maximum Gasteiger partial charge on any atom is 0.229 e. The number of nitrogens with one attached hydrogen (secondary N) is 1. The van der Waals surface area contributed by atoms with E-state index < -0.39 is 0 Å². The van der Waals surface area contributed by atoms with Crippen LogP contribution in [0.4, 0.5) is 17.5 Å². The van der Waals surface area contributed by atoms with Crippen LogP contribution >= 0.6 is 0 Å². The summed E-state index contributed by atoms with van der Waals surface area (Å²) in [4.78, 5) is 11.4. The minimum atomic E-state index is 0.672. The molecule has 1 aromatic carbocycles. The molecule has 1 aromatic heterocycles. The SMILES string of the molecule is Cc1ccccc1Nc1nccc(N2CCCCCC2)n1. The second-order valence-electron chi connectivity index (χ2n) is 5.58. The highest BCUT2D eigenvalue weighted by Crippen LogP contribution is 2.21. The molecule has 0 unspecified atom stereocenters. The predicted octanol–water partition coefficient (Wildman–Crippen LogP) is 3.91. The van der Waals surface area contributed by atoms with E-state index in [-0.39, 0.29) is 0 Å². The summed E-state index contributed by atoms with van der Waals surface area (Å²) >= 11 is 0. The summed E-state index contributed by atoms with van der Waals surface area (Å²) in [6.45, 7) is 4.28. The van der Waals surface area contributed by atoms with Crippen molar-refractivity contribution in [1.29, 1.82) is 0 Å². The van der Waals surface area contributed by atoms with Gasteiger partial charge in [0.2, 0.25) is 5.95 Å². The molecule has 21 heavy (non-hydrogen) atoms. The highest BCUT2D eigenvalue weighted by atomic mass is 15.2. The quantitative estimate of drug-likeness (QED) is 0.926. The van der Waals surface area contributed by atoms with Gasteiger partial charge >= 0.3 is 0 Å². The third kappa shape index (κ3) is 3.51. The number of rotatable bonds is 3. The number of para-hydroxylation sites is 1. The Balaban J connectivity index is 1.78. The van der Waals surface area contributed by atoms with Gasteiger partial charge in [0.1, 0.15) is 5.82 Å². The van der Waals surface area contributed by atoms with Crippen molar-refractivity contribution < 1.29 is 0 Å². The molecule has 4 nitrogen and oxygen atoms in total. The molecule has 4 heteroatoms. The van der Waals surface area contributed by atoms with Gasteiger partial charge in [-0.15, -0.1) is 0 Å². The molecule has 1 aliphatic heterocycles. The molecule has 2 aromatic rings. The lowest BCUT2D eigenvalue weighted by Gasteiger charge is -2.21. The lowest BCUT2D eigenvalue weighted by molar-refractivity contribution is 0.726. The van der Waals surface area contributed by atoms with Gasteiger partial charge in [0.05, 0.1) is 0 Å². The normalized spacial score (nSPS) is 15.6. The van der Waals surface area contributed by atoms with Gasteiger partial charge in [-0.3, -0.25) is 0 Å². The maximum atomic E-state index is 4.68. The van der Waals surface area contributed by atoms with Crippen LogP contribution in [0.25, 0.3) is 0 Å². The van der Waals surface area contributed by atoms with Gasteiger partial charge in [0.25, 0.3) is 0 Å². The van der Waals surface area contributed by atoms with Crippen molar-refractivity contribution in [3.05, 3.63) is 42.1 Å². The Kier molecular flexibility index (Phi) is 4.34. The number of anilines is 3. The molecule has 0 aliphatic carbocycles. The minimum Gasteiger partial charge on any atom is -0.356 e. The molecular weight excluding hydrogens is 260 g/mol. The van der Waals surface area contributed by atoms with E-state index in [1.807, 2.05) is 24.4 Å². The molecule has 0 spiro atoms. The van der Waals surface area contributed by atoms with Crippen molar-refractivity contribution in [3.63, 3.8) is 0 Å². The minimum absolute atomic E-state index is 0.672. The van der Waals surface area contributed by atoms with E-state index in [0.717, 1.165) is 24.6 Å². The first-order valence-corrected chi connectivity index (χ1v) is 7.73. The molecule has 1 fully saturated rings. The van der Waals surface area contributed by atoms with Crippen LogP contribution in [-0.4, -0.2) is 23.1 Å². The van der Waals surface area contributed by atoms with E-state index in [9.17, 15) is 0 Å². The first-order valence-electron chi connectivity index (χ1n) is 7.73. The van der Waals surface area contributed by atoms with Crippen LogP contribution in [-0.2, 0) is 0 Å². The molecule has 3 rings (SSSR count). The molecule has 0 radical (unpaired) electrons. The van der Waals surface area contributed by atoms with E-state index in [2.05, 4.69) is 39.2 Å². The number of hydrogen-bond acceptors (Lipinski definition) is 4. The monoisotopic (exact) mass is 282 g/mol. The summed E-state index contributed by atoms with van der Waals surface area (Å²) in [5.74, 6) is 1.70. The molecule has 0 atom stereocenters. The van der Waals surface area contributed by atoms with E-state index in [1.54, 1.807) is 0 Å². The van der Waals surface area contributed by atoms with E-state index in [1.165, 1.54) is 31.2 Å². The summed E-state index contributed by atoms with van der Waals surface area (Å²) in [7, 11) is 0. The predicted molar refractivity (Wildman–Crippen MR) is 87.2 cm³/mol. The van der Waals surface area contributed by atoms with Gasteiger partial charge in [-0.05, 0) is 37.5 Å². The van der Waals surface area contributed by atoms with Crippen molar-refractivity contribution in [1.82, 2.24) is 9.97 Å². The van der Waals surface area contributed by atoms with Crippen LogP contribution in [0.2, 0.25) is 0 Å². The van der Waals surface area contributed by atoms with Gasteiger partial charge in [-0.1, -0.05) is 31.0 Å². The summed E-state index contributed by atoms with van der Waals surface area (Å²) in [5.41, 5.74) is 2.26. The van der Waals surface area contributed by atoms with Crippen molar-refractivity contribution in [3.8, 4) is 0 Å².